The lowest BCUT2D eigenvalue weighted by Crippen LogP contribution is -2.42. The van der Waals surface area contributed by atoms with Crippen LogP contribution in [0.1, 0.15) is 25.7 Å². The predicted molar refractivity (Wildman–Crippen MR) is 111 cm³/mol. The van der Waals surface area contributed by atoms with E-state index in [1.165, 1.54) is 0 Å². The molecule has 0 aromatic carbocycles. The molecule has 146 valence electrons. The molecule has 0 radical (unpaired) electrons. The van der Waals surface area contributed by atoms with Crippen molar-refractivity contribution < 1.29 is 9.53 Å². The number of amidine groups is 1. The van der Waals surface area contributed by atoms with E-state index in [9.17, 15) is 4.79 Å². The highest BCUT2D eigenvalue weighted by Crippen LogP contribution is 2.26. The van der Waals surface area contributed by atoms with E-state index in [2.05, 4.69) is 17.3 Å². The van der Waals surface area contributed by atoms with Crippen LogP contribution in [0.15, 0.2) is 33.9 Å². The molecule has 0 spiro atoms. The number of allylic oxidation sites excluding steroid dienone is 2. The monoisotopic (exact) mass is 388 g/mol. The molecule has 1 unspecified atom stereocenters. The van der Waals surface area contributed by atoms with Crippen molar-refractivity contribution in [3.05, 3.63) is 23.9 Å². The fraction of sp³-hybridized carbons (Fsp3) is 0.650. The second-order valence-electron chi connectivity index (χ2n) is 7.66. The highest BCUT2D eigenvalue weighted by molar-refractivity contribution is 8.00. The molecule has 4 aliphatic rings. The van der Waals surface area contributed by atoms with Crippen LogP contribution >= 0.6 is 11.8 Å². The molecule has 1 atom stereocenters. The van der Waals surface area contributed by atoms with Gasteiger partial charge < -0.3 is 15.0 Å². The number of hydrogen-bond acceptors (Lipinski definition) is 6. The summed E-state index contributed by atoms with van der Waals surface area (Å²) in [5.41, 5.74) is 1.78. The van der Waals surface area contributed by atoms with Crippen LogP contribution in [0.2, 0.25) is 0 Å². The van der Waals surface area contributed by atoms with Gasteiger partial charge in [-0.15, -0.1) is 0 Å². The number of amides is 1. The zero-order valence-electron chi connectivity index (χ0n) is 15.9. The SMILES string of the molecule is CN1CCC(N=C2C=CC3C(=O)NC(CSC4CCOCC4)=NC3=C2)CC1. The maximum Gasteiger partial charge on any atom is 0.238 e. The summed E-state index contributed by atoms with van der Waals surface area (Å²) in [7, 11) is 2.16. The van der Waals surface area contributed by atoms with Gasteiger partial charge in [0.15, 0.2) is 0 Å². The number of rotatable bonds is 4. The zero-order valence-corrected chi connectivity index (χ0v) is 16.7. The third kappa shape index (κ3) is 4.89. The smallest absolute Gasteiger partial charge is 0.238 e. The van der Waals surface area contributed by atoms with Gasteiger partial charge in [0.25, 0.3) is 0 Å². The molecule has 7 heteroatoms. The number of ether oxygens (including phenoxy) is 1. The summed E-state index contributed by atoms with van der Waals surface area (Å²) in [6, 6.07) is 0.374. The fourth-order valence-electron chi connectivity index (χ4n) is 3.83. The van der Waals surface area contributed by atoms with E-state index in [4.69, 9.17) is 14.7 Å². The van der Waals surface area contributed by atoms with Crippen LogP contribution in [0.5, 0.6) is 0 Å². The molecule has 1 N–H and O–H groups in total. The normalized spacial score (nSPS) is 29.3. The molecule has 0 saturated carbocycles. The van der Waals surface area contributed by atoms with Crippen molar-refractivity contribution in [1.82, 2.24) is 10.2 Å². The Morgan fingerprint density at radius 3 is 2.85 bits per heavy atom. The third-order valence-corrected chi connectivity index (χ3v) is 6.91. The minimum Gasteiger partial charge on any atom is -0.381 e. The van der Waals surface area contributed by atoms with E-state index in [0.717, 1.165) is 75.0 Å². The molecule has 2 fully saturated rings. The Morgan fingerprint density at radius 1 is 1.30 bits per heavy atom. The van der Waals surface area contributed by atoms with Gasteiger partial charge in [-0.1, -0.05) is 6.08 Å². The average Bonchev–Trinajstić information content (AvgIpc) is 2.69. The summed E-state index contributed by atoms with van der Waals surface area (Å²) < 4.78 is 5.41. The number of likely N-dealkylation sites (tertiary alicyclic amines) is 1. The summed E-state index contributed by atoms with van der Waals surface area (Å²) >= 11 is 1.87. The molecular weight excluding hydrogens is 360 g/mol. The van der Waals surface area contributed by atoms with E-state index in [-0.39, 0.29) is 11.8 Å². The van der Waals surface area contributed by atoms with Gasteiger partial charge in [-0.2, -0.15) is 11.8 Å². The molecule has 3 aliphatic heterocycles. The molecule has 2 saturated heterocycles. The third-order valence-electron chi connectivity index (χ3n) is 5.53. The summed E-state index contributed by atoms with van der Waals surface area (Å²) in [4.78, 5) is 24.5. The van der Waals surface area contributed by atoms with Gasteiger partial charge in [0.2, 0.25) is 5.91 Å². The molecule has 27 heavy (non-hydrogen) atoms. The van der Waals surface area contributed by atoms with E-state index in [1.54, 1.807) is 0 Å². The molecule has 1 amide bonds. The Kier molecular flexibility index (Phi) is 6.10. The van der Waals surface area contributed by atoms with E-state index >= 15 is 0 Å². The van der Waals surface area contributed by atoms with Crippen molar-refractivity contribution in [2.45, 2.75) is 37.0 Å². The van der Waals surface area contributed by atoms with Crippen molar-refractivity contribution in [3.63, 3.8) is 0 Å². The topological polar surface area (TPSA) is 66.3 Å². The Bertz CT molecular complexity index is 686. The Labute approximate surface area is 165 Å². The van der Waals surface area contributed by atoms with Crippen LogP contribution < -0.4 is 5.32 Å². The average molecular weight is 389 g/mol. The maximum absolute atomic E-state index is 12.5. The zero-order chi connectivity index (χ0) is 18.6. The first-order valence-electron chi connectivity index (χ1n) is 9.91. The molecular formula is C20H28N4O2S. The van der Waals surface area contributed by atoms with Gasteiger partial charge in [-0.05, 0) is 58.0 Å². The predicted octanol–water partition coefficient (Wildman–Crippen LogP) is 2.03. The maximum atomic E-state index is 12.5. The van der Waals surface area contributed by atoms with Crippen molar-refractivity contribution in [1.29, 1.82) is 0 Å². The Hall–Kier alpha value is -1.44. The summed E-state index contributed by atoms with van der Waals surface area (Å²) in [5.74, 6) is 1.26. The fourth-order valence-corrected chi connectivity index (χ4v) is 4.89. The van der Waals surface area contributed by atoms with Gasteiger partial charge in [0.1, 0.15) is 5.84 Å². The lowest BCUT2D eigenvalue weighted by atomic mass is 9.95. The van der Waals surface area contributed by atoms with Crippen LogP contribution in [0, 0.1) is 5.92 Å². The molecule has 0 aromatic rings. The summed E-state index contributed by atoms with van der Waals surface area (Å²) in [5, 5.41) is 3.57. The standard InChI is InChI=1S/C20H28N4O2S/c1-24-8-4-14(5-9-24)21-15-2-3-17-18(12-15)22-19(23-20(17)25)13-27-16-6-10-26-11-7-16/h2-3,12,14,16-17H,4-11,13H2,1H3,(H,22,23,25). The largest absolute Gasteiger partial charge is 0.381 e. The molecule has 4 rings (SSSR count). The summed E-state index contributed by atoms with van der Waals surface area (Å²) in [6.45, 7) is 3.87. The van der Waals surface area contributed by atoms with E-state index in [1.807, 2.05) is 30.0 Å². The number of carbonyl (C=O) groups is 1. The second-order valence-corrected chi connectivity index (χ2v) is 8.95. The first-order chi connectivity index (χ1) is 13.2. The second kappa shape index (κ2) is 8.71. The van der Waals surface area contributed by atoms with Crippen molar-refractivity contribution >= 4 is 29.2 Å². The summed E-state index contributed by atoms with van der Waals surface area (Å²) in [6.07, 6.45) is 10.3. The molecule has 0 aromatic heterocycles. The first kappa shape index (κ1) is 18.9. The van der Waals surface area contributed by atoms with Gasteiger partial charge in [-0.25, -0.2) is 4.99 Å². The van der Waals surface area contributed by atoms with Crippen LogP contribution in [0.4, 0.5) is 0 Å². The molecule has 0 bridgehead atoms. The van der Waals surface area contributed by atoms with Crippen molar-refractivity contribution in [2.24, 2.45) is 15.9 Å². The van der Waals surface area contributed by atoms with Gasteiger partial charge in [0.05, 0.1) is 29.1 Å². The Balaban J connectivity index is 1.42. The van der Waals surface area contributed by atoms with Crippen LogP contribution in [0.25, 0.3) is 0 Å². The van der Waals surface area contributed by atoms with E-state index in [0.29, 0.717) is 11.3 Å². The van der Waals surface area contributed by atoms with Crippen LogP contribution in [0.3, 0.4) is 0 Å². The number of fused-ring (bicyclic) bond motifs is 1. The first-order valence-corrected chi connectivity index (χ1v) is 11.0. The van der Waals surface area contributed by atoms with E-state index < -0.39 is 0 Å². The highest BCUT2D eigenvalue weighted by Gasteiger charge is 2.29. The van der Waals surface area contributed by atoms with Crippen molar-refractivity contribution in [3.8, 4) is 0 Å². The number of aliphatic imine (C=N–C) groups is 2. The number of hydrogen-bond donors (Lipinski definition) is 1. The number of piperidine rings is 1. The van der Waals surface area contributed by atoms with Crippen LogP contribution in [-0.4, -0.2) is 72.7 Å². The number of nitrogens with one attached hydrogen (secondary N) is 1. The molecule has 1 aliphatic carbocycles. The van der Waals surface area contributed by atoms with Crippen LogP contribution in [-0.2, 0) is 9.53 Å². The lowest BCUT2D eigenvalue weighted by molar-refractivity contribution is -0.121. The van der Waals surface area contributed by atoms with Gasteiger partial charge in [-0.3, -0.25) is 9.79 Å². The lowest BCUT2D eigenvalue weighted by Gasteiger charge is -2.28. The quantitative estimate of drug-likeness (QED) is 0.800. The minimum atomic E-state index is -0.279. The van der Waals surface area contributed by atoms with Gasteiger partial charge in [0, 0.05) is 18.5 Å². The molecule has 6 nitrogen and oxygen atoms in total. The minimum absolute atomic E-state index is 0.0217. The number of carbonyl (C=O) groups excluding carboxylic acids is 1. The number of thioether (sulfide) groups is 1. The molecule has 3 heterocycles. The number of nitrogens with zero attached hydrogens (tertiary/aromatic N) is 3. The Morgan fingerprint density at radius 2 is 2.07 bits per heavy atom. The van der Waals surface area contributed by atoms with Gasteiger partial charge >= 0.3 is 0 Å². The van der Waals surface area contributed by atoms with Crippen molar-refractivity contribution in [2.75, 3.05) is 39.1 Å². The highest BCUT2D eigenvalue weighted by atomic mass is 32.2.